The van der Waals surface area contributed by atoms with Crippen LogP contribution in [0.5, 0.6) is 11.5 Å². The van der Waals surface area contributed by atoms with Crippen molar-refractivity contribution in [3.05, 3.63) is 52.1 Å². The van der Waals surface area contributed by atoms with E-state index < -0.39 is 27.1 Å². The molecule has 2 aromatic rings. The van der Waals surface area contributed by atoms with Crippen LogP contribution in [0.2, 0.25) is 0 Å². The van der Waals surface area contributed by atoms with Gasteiger partial charge in [-0.05, 0) is 83.7 Å². The molecule has 3 rings (SSSR count). The number of sulfonamides is 1. The monoisotopic (exact) mass is 469 g/mol. The topological polar surface area (TPSA) is 81.7 Å². The van der Waals surface area contributed by atoms with Gasteiger partial charge in [-0.2, -0.15) is 0 Å². The van der Waals surface area contributed by atoms with E-state index >= 15 is 0 Å². The summed E-state index contributed by atoms with van der Waals surface area (Å²) >= 11 is 0. The number of nitrogens with one attached hydrogen (secondary N) is 1. The van der Waals surface area contributed by atoms with Gasteiger partial charge in [0.05, 0.1) is 4.90 Å². The molecule has 1 amide bonds. The molecule has 0 radical (unpaired) electrons. The molecule has 1 aliphatic heterocycles. The Labute approximate surface area is 196 Å². The molecule has 0 saturated carbocycles. The number of aryl methyl sites for hydroxylation is 1. The van der Waals surface area contributed by atoms with Crippen molar-refractivity contribution >= 4 is 15.9 Å². The minimum atomic E-state index is -4.02. The van der Waals surface area contributed by atoms with Crippen LogP contribution in [-0.2, 0) is 21.2 Å². The molecule has 1 aliphatic rings. The molecule has 176 valence electrons. The first kappa shape index (κ1) is 24.7. The highest BCUT2D eigenvalue weighted by atomic mass is 32.2. The van der Waals surface area contributed by atoms with Crippen molar-refractivity contribution in [3.63, 3.8) is 0 Å². The van der Waals surface area contributed by atoms with Crippen LogP contribution < -0.4 is 14.2 Å². The lowest BCUT2D eigenvalue weighted by Gasteiger charge is -2.37. The van der Waals surface area contributed by atoms with Gasteiger partial charge in [-0.25, -0.2) is 13.1 Å². The third kappa shape index (κ3) is 4.72. The Morgan fingerprint density at radius 3 is 2.30 bits per heavy atom. The summed E-state index contributed by atoms with van der Waals surface area (Å²) in [6.45, 7) is 12.9. The van der Waals surface area contributed by atoms with Crippen molar-refractivity contribution in [1.82, 2.24) is 4.72 Å². The smallest absolute Gasteiger partial charge is 0.277 e. The zero-order chi connectivity index (χ0) is 24.8. The number of carbonyl (C=O) groups excluding carboxylic acids is 1. The van der Waals surface area contributed by atoms with E-state index in [0.29, 0.717) is 24.3 Å². The maximum atomic E-state index is 13.1. The Bertz CT molecular complexity index is 1250. The number of carbonyl (C=O) groups is 1. The first-order valence-corrected chi connectivity index (χ1v) is 12.3. The van der Waals surface area contributed by atoms with Gasteiger partial charge in [0, 0.05) is 12.0 Å². The van der Waals surface area contributed by atoms with Crippen molar-refractivity contribution in [2.24, 2.45) is 0 Å². The van der Waals surface area contributed by atoms with Gasteiger partial charge in [0.15, 0.2) is 11.2 Å². The SMILES string of the molecule is C#CC(C)(C)Oc1c(C)c(C)c2c(c1C)CCC(C)(C(=O)NS(=O)(=O)c1ccc(C)cc1)O2. The van der Waals surface area contributed by atoms with Gasteiger partial charge in [-0.3, -0.25) is 4.79 Å². The van der Waals surface area contributed by atoms with Crippen molar-refractivity contribution in [2.75, 3.05) is 0 Å². The van der Waals surface area contributed by atoms with Gasteiger partial charge >= 0.3 is 0 Å². The van der Waals surface area contributed by atoms with Crippen LogP contribution in [0.3, 0.4) is 0 Å². The highest BCUT2D eigenvalue weighted by Crippen LogP contribution is 2.44. The van der Waals surface area contributed by atoms with Crippen LogP contribution in [0.15, 0.2) is 29.2 Å². The Hall–Kier alpha value is -2.98. The molecule has 1 atom stereocenters. The fraction of sp³-hybridized carbons (Fsp3) is 0.423. The molecule has 0 aromatic heterocycles. The normalized spacial score (nSPS) is 18.0. The molecule has 7 heteroatoms. The molecular weight excluding hydrogens is 438 g/mol. The van der Waals surface area contributed by atoms with Gasteiger partial charge in [0.25, 0.3) is 15.9 Å². The van der Waals surface area contributed by atoms with Crippen LogP contribution in [-0.4, -0.2) is 25.5 Å². The van der Waals surface area contributed by atoms with Crippen LogP contribution in [0.1, 0.15) is 55.0 Å². The molecular formula is C26H31NO5S. The summed E-state index contributed by atoms with van der Waals surface area (Å²) in [7, 11) is -4.02. The second-order valence-electron chi connectivity index (χ2n) is 9.35. The van der Waals surface area contributed by atoms with Crippen LogP contribution in [0.4, 0.5) is 0 Å². The molecule has 1 unspecified atom stereocenters. The summed E-state index contributed by atoms with van der Waals surface area (Å²) in [5, 5.41) is 0. The molecule has 6 nitrogen and oxygen atoms in total. The summed E-state index contributed by atoms with van der Waals surface area (Å²) in [6.07, 6.45) is 6.45. The number of rotatable bonds is 5. The van der Waals surface area contributed by atoms with Crippen LogP contribution in [0, 0.1) is 40.0 Å². The fourth-order valence-electron chi connectivity index (χ4n) is 3.84. The average molecular weight is 470 g/mol. The molecule has 0 spiro atoms. The lowest BCUT2D eigenvalue weighted by Crippen LogP contribution is -2.52. The number of fused-ring (bicyclic) bond motifs is 1. The number of amides is 1. The quantitative estimate of drug-likeness (QED) is 0.661. The van der Waals surface area contributed by atoms with Crippen LogP contribution >= 0.6 is 0 Å². The van der Waals surface area contributed by atoms with Gasteiger partial charge in [-0.15, -0.1) is 6.42 Å². The highest BCUT2D eigenvalue weighted by molar-refractivity contribution is 7.90. The van der Waals surface area contributed by atoms with E-state index in [1.807, 2.05) is 41.5 Å². The third-order valence-electron chi connectivity index (χ3n) is 6.23. The summed E-state index contributed by atoms with van der Waals surface area (Å²) in [6, 6.07) is 6.31. The Balaban J connectivity index is 1.93. The zero-order valence-corrected chi connectivity index (χ0v) is 21.1. The Morgan fingerprint density at radius 2 is 1.73 bits per heavy atom. The minimum Gasteiger partial charge on any atom is -0.477 e. The van der Waals surface area contributed by atoms with E-state index in [0.717, 1.165) is 27.8 Å². The van der Waals surface area contributed by atoms with Gasteiger partial charge in [0.1, 0.15) is 11.5 Å². The first-order chi connectivity index (χ1) is 15.2. The highest BCUT2D eigenvalue weighted by Gasteiger charge is 2.42. The third-order valence-corrected chi connectivity index (χ3v) is 7.58. The summed E-state index contributed by atoms with van der Waals surface area (Å²) in [5.41, 5.74) is 2.36. The predicted molar refractivity (Wildman–Crippen MR) is 128 cm³/mol. The number of hydrogen-bond donors (Lipinski definition) is 1. The van der Waals surface area contributed by atoms with E-state index in [1.54, 1.807) is 19.1 Å². The zero-order valence-electron chi connectivity index (χ0n) is 20.3. The van der Waals surface area contributed by atoms with Crippen molar-refractivity contribution < 1.29 is 22.7 Å². The Morgan fingerprint density at radius 1 is 1.12 bits per heavy atom. The number of hydrogen-bond acceptors (Lipinski definition) is 5. The van der Waals surface area contributed by atoms with Gasteiger partial charge in [0.2, 0.25) is 0 Å². The molecule has 33 heavy (non-hydrogen) atoms. The molecule has 0 fully saturated rings. The molecule has 2 aromatic carbocycles. The van der Waals surface area contributed by atoms with E-state index in [1.165, 1.54) is 12.1 Å². The predicted octanol–water partition coefficient (Wildman–Crippen LogP) is 4.30. The van der Waals surface area contributed by atoms with Crippen molar-refractivity contribution in [3.8, 4) is 23.8 Å². The lowest BCUT2D eigenvalue weighted by atomic mass is 9.86. The van der Waals surface area contributed by atoms with Gasteiger partial charge < -0.3 is 9.47 Å². The minimum absolute atomic E-state index is 0.0297. The second-order valence-corrected chi connectivity index (χ2v) is 11.0. The maximum Gasteiger partial charge on any atom is 0.277 e. The maximum absolute atomic E-state index is 13.1. The van der Waals surface area contributed by atoms with E-state index in [9.17, 15) is 13.2 Å². The van der Waals surface area contributed by atoms with E-state index in [-0.39, 0.29) is 4.90 Å². The molecule has 1 heterocycles. The standard InChI is InChI=1S/C26H31NO5S/c1-9-25(6,7)31-22-17(3)18(4)23-21(19(22)5)14-15-26(8,32-23)24(28)27-33(29,30)20-12-10-16(2)11-13-20/h1,10-13H,14-15H2,2-8H3,(H,27,28). The number of ether oxygens (including phenoxy) is 2. The summed E-state index contributed by atoms with van der Waals surface area (Å²) in [4.78, 5) is 13.1. The first-order valence-electron chi connectivity index (χ1n) is 10.8. The van der Waals surface area contributed by atoms with Crippen molar-refractivity contribution in [1.29, 1.82) is 0 Å². The number of benzene rings is 2. The molecule has 0 aliphatic carbocycles. The molecule has 0 saturated heterocycles. The van der Waals surface area contributed by atoms with E-state index in [4.69, 9.17) is 15.9 Å². The van der Waals surface area contributed by atoms with Crippen molar-refractivity contribution in [2.45, 2.75) is 77.4 Å². The Kier molecular flexibility index (Phi) is 6.29. The van der Waals surface area contributed by atoms with Crippen LogP contribution in [0.25, 0.3) is 0 Å². The fourth-order valence-corrected chi connectivity index (χ4v) is 4.91. The van der Waals surface area contributed by atoms with Gasteiger partial charge in [-0.1, -0.05) is 23.6 Å². The molecule has 0 bridgehead atoms. The summed E-state index contributed by atoms with van der Waals surface area (Å²) in [5.74, 6) is 3.26. The summed E-state index contributed by atoms with van der Waals surface area (Å²) < 4.78 is 40.0. The largest absolute Gasteiger partial charge is 0.477 e. The molecule has 1 N–H and O–H groups in total. The average Bonchev–Trinajstić information content (AvgIpc) is 2.75. The lowest BCUT2D eigenvalue weighted by molar-refractivity contribution is -0.134. The second kappa shape index (κ2) is 8.42. The van der Waals surface area contributed by atoms with E-state index in [2.05, 4.69) is 10.6 Å². The number of terminal acetylenes is 1.